The molecule has 4 rings (SSSR count). The molecule has 4 saturated carbocycles. The van der Waals surface area contributed by atoms with Gasteiger partial charge in [-0.1, -0.05) is 27.2 Å². The molecule has 0 aliphatic heterocycles. The van der Waals surface area contributed by atoms with Gasteiger partial charge in [-0.25, -0.2) is 4.79 Å². The van der Waals surface area contributed by atoms with Crippen LogP contribution in [0.1, 0.15) is 105 Å². The largest absolute Gasteiger partial charge is 0.460 e. The minimum Gasteiger partial charge on any atom is -0.460 e. The molecule has 0 aromatic carbocycles. The average molecular weight is 433 g/mol. The Bertz CT molecular complexity index is 666. The Morgan fingerprint density at radius 2 is 1.68 bits per heavy atom. The molecule has 6 atom stereocenters. The van der Waals surface area contributed by atoms with Gasteiger partial charge in [-0.05, 0) is 113 Å². The number of rotatable bonds is 5. The number of hydrogen-bond acceptors (Lipinski definition) is 4. The van der Waals surface area contributed by atoms with E-state index in [4.69, 9.17) is 9.47 Å². The van der Waals surface area contributed by atoms with Gasteiger partial charge in [-0.3, -0.25) is 4.79 Å². The fourth-order valence-corrected chi connectivity index (χ4v) is 8.24. The lowest BCUT2D eigenvalue weighted by Gasteiger charge is -2.61. The van der Waals surface area contributed by atoms with Crippen molar-refractivity contribution < 1.29 is 19.1 Å². The van der Waals surface area contributed by atoms with Crippen molar-refractivity contribution in [2.75, 3.05) is 6.61 Å². The Labute approximate surface area is 189 Å². The van der Waals surface area contributed by atoms with Gasteiger partial charge in [-0.15, -0.1) is 0 Å². The highest BCUT2D eigenvalue weighted by Crippen LogP contribution is 2.64. The van der Waals surface area contributed by atoms with Crippen LogP contribution in [0.3, 0.4) is 0 Å². The van der Waals surface area contributed by atoms with Crippen molar-refractivity contribution >= 4 is 11.9 Å². The monoisotopic (exact) mass is 432 g/mol. The van der Waals surface area contributed by atoms with Crippen molar-refractivity contribution in [1.29, 1.82) is 0 Å². The van der Waals surface area contributed by atoms with Crippen molar-refractivity contribution in [3.05, 3.63) is 0 Å². The van der Waals surface area contributed by atoms with E-state index in [0.29, 0.717) is 5.92 Å². The summed E-state index contributed by atoms with van der Waals surface area (Å²) in [6.45, 7) is 9.13. The van der Waals surface area contributed by atoms with E-state index in [0.717, 1.165) is 68.6 Å². The topological polar surface area (TPSA) is 52.6 Å². The molecule has 0 aromatic rings. The van der Waals surface area contributed by atoms with Gasteiger partial charge < -0.3 is 9.47 Å². The van der Waals surface area contributed by atoms with E-state index in [1.165, 1.54) is 32.1 Å². The van der Waals surface area contributed by atoms with Crippen LogP contribution in [0, 0.1) is 40.4 Å². The molecule has 4 nitrogen and oxygen atoms in total. The minimum atomic E-state index is -0.472. The van der Waals surface area contributed by atoms with Crippen molar-refractivity contribution in [3.8, 4) is 0 Å². The van der Waals surface area contributed by atoms with Crippen LogP contribution in [-0.2, 0) is 19.1 Å². The molecule has 0 saturated heterocycles. The van der Waals surface area contributed by atoms with E-state index in [-0.39, 0.29) is 30.1 Å². The predicted molar refractivity (Wildman–Crippen MR) is 121 cm³/mol. The third kappa shape index (κ3) is 4.42. The molecule has 4 heteroatoms. The molecule has 4 aliphatic carbocycles. The number of carbonyl (C=O) groups excluding carboxylic acids is 2. The molecular formula is C27H44O4. The van der Waals surface area contributed by atoms with Crippen LogP contribution in [0.15, 0.2) is 0 Å². The van der Waals surface area contributed by atoms with E-state index in [2.05, 4.69) is 27.7 Å². The summed E-state index contributed by atoms with van der Waals surface area (Å²) in [5.74, 6) is 3.03. The zero-order valence-corrected chi connectivity index (χ0v) is 20.3. The molecule has 0 heterocycles. The molecule has 176 valence electrons. The number of esters is 2. The number of carbonyl (C=O) groups is 2. The first-order valence-corrected chi connectivity index (χ1v) is 13.1. The van der Waals surface area contributed by atoms with Crippen molar-refractivity contribution in [2.24, 2.45) is 40.4 Å². The van der Waals surface area contributed by atoms with Gasteiger partial charge in [-0.2, -0.15) is 0 Å². The van der Waals surface area contributed by atoms with Crippen molar-refractivity contribution in [3.63, 3.8) is 0 Å². The quantitative estimate of drug-likeness (QED) is 0.478. The minimum absolute atomic E-state index is 0.0241. The van der Waals surface area contributed by atoms with E-state index in [9.17, 15) is 9.59 Å². The highest BCUT2D eigenvalue weighted by Gasteiger charge is 2.59. The summed E-state index contributed by atoms with van der Waals surface area (Å²) in [6, 6.07) is 0. The summed E-state index contributed by atoms with van der Waals surface area (Å²) < 4.78 is 11.1. The third-order valence-corrected chi connectivity index (χ3v) is 10.0. The first-order chi connectivity index (χ1) is 14.7. The highest BCUT2D eigenvalue weighted by atomic mass is 16.6. The lowest BCUT2D eigenvalue weighted by atomic mass is 9.43. The highest BCUT2D eigenvalue weighted by molar-refractivity contribution is 5.80. The van der Waals surface area contributed by atoms with Crippen LogP contribution in [0.25, 0.3) is 0 Å². The van der Waals surface area contributed by atoms with E-state index in [1.807, 2.05) is 0 Å². The van der Waals surface area contributed by atoms with E-state index in [1.54, 1.807) is 0 Å². The standard InChI is InChI=1S/C27H44O4/c1-18(2)19-10-12-22-20(16-19)11-13-23-26(22,3)14-7-15-27(23,4)25(29)30-17-24(28)31-21-8-5-6-9-21/h18-23H,5-17H2,1-4H3/t19?,20?,22-,23?,26+,27+/m0/s1. The molecule has 0 spiro atoms. The molecule has 4 aliphatic rings. The second kappa shape index (κ2) is 9.06. The number of fused-ring (bicyclic) bond motifs is 3. The zero-order chi connectivity index (χ0) is 22.2. The molecule has 3 unspecified atom stereocenters. The summed E-state index contributed by atoms with van der Waals surface area (Å²) >= 11 is 0. The fourth-order valence-electron chi connectivity index (χ4n) is 8.24. The fraction of sp³-hybridized carbons (Fsp3) is 0.926. The van der Waals surface area contributed by atoms with Crippen LogP contribution in [0.4, 0.5) is 0 Å². The maximum absolute atomic E-state index is 13.3. The van der Waals surface area contributed by atoms with Crippen LogP contribution < -0.4 is 0 Å². The van der Waals surface area contributed by atoms with Gasteiger partial charge in [0.25, 0.3) is 0 Å². The molecule has 0 radical (unpaired) electrons. The van der Waals surface area contributed by atoms with Gasteiger partial charge in [0.1, 0.15) is 6.10 Å². The van der Waals surface area contributed by atoms with Crippen LogP contribution >= 0.6 is 0 Å². The maximum atomic E-state index is 13.3. The van der Waals surface area contributed by atoms with Gasteiger partial charge in [0.05, 0.1) is 5.41 Å². The van der Waals surface area contributed by atoms with Gasteiger partial charge in [0.2, 0.25) is 0 Å². The molecule has 4 fully saturated rings. The summed E-state index contributed by atoms with van der Waals surface area (Å²) in [6.07, 6.45) is 13.8. The second-order valence-electron chi connectivity index (χ2n) is 12.1. The number of ether oxygens (including phenoxy) is 2. The van der Waals surface area contributed by atoms with E-state index < -0.39 is 5.41 Å². The number of hydrogen-bond donors (Lipinski definition) is 0. The molecular weight excluding hydrogens is 388 g/mol. The molecule has 0 amide bonds. The predicted octanol–water partition coefficient (Wildman–Crippen LogP) is 6.31. The Kier molecular flexibility index (Phi) is 6.75. The summed E-state index contributed by atoms with van der Waals surface area (Å²) in [5, 5.41) is 0. The first kappa shape index (κ1) is 23.1. The summed E-state index contributed by atoms with van der Waals surface area (Å²) in [7, 11) is 0. The van der Waals surface area contributed by atoms with Crippen molar-refractivity contribution in [1.82, 2.24) is 0 Å². The maximum Gasteiger partial charge on any atom is 0.344 e. The van der Waals surface area contributed by atoms with Crippen LogP contribution in [0.5, 0.6) is 0 Å². The van der Waals surface area contributed by atoms with Crippen LogP contribution in [0.2, 0.25) is 0 Å². The Morgan fingerprint density at radius 1 is 0.935 bits per heavy atom. The normalized spacial score (nSPS) is 40.8. The lowest BCUT2D eigenvalue weighted by Crippen LogP contribution is -2.56. The summed E-state index contributed by atoms with van der Waals surface area (Å²) in [5.41, 5.74) is -0.248. The zero-order valence-electron chi connectivity index (χ0n) is 20.3. The molecule has 0 bridgehead atoms. The SMILES string of the molecule is CC(C)C1CC[C@H]2C(CCC3[C@](C)(C(=O)OCC(=O)OC4CCCC4)CCC[C@@]32C)C1. The first-order valence-electron chi connectivity index (χ1n) is 13.1. The Hall–Kier alpha value is -1.06. The smallest absolute Gasteiger partial charge is 0.344 e. The third-order valence-electron chi connectivity index (χ3n) is 10.0. The Balaban J connectivity index is 1.40. The van der Waals surface area contributed by atoms with Crippen molar-refractivity contribution in [2.45, 2.75) is 111 Å². The van der Waals surface area contributed by atoms with E-state index >= 15 is 0 Å². The molecule has 0 N–H and O–H groups in total. The lowest BCUT2D eigenvalue weighted by molar-refractivity contribution is -0.184. The molecule has 31 heavy (non-hydrogen) atoms. The Morgan fingerprint density at radius 3 is 2.39 bits per heavy atom. The van der Waals surface area contributed by atoms with Gasteiger partial charge in [0, 0.05) is 0 Å². The van der Waals surface area contributed by atoms with Gasteiger partial charge in [0.15, 0.2) is 6.61 Å². The summed E-state index contributed by atoms with van der Waals surface area (Å²) in [4.78, 5) is 25.5. The van der Waals surface area contributed by atoms with Gasteiger partial charge >= 0.3 is 11.9 Å². The van der Waals surface area contributed by atoms with Crippen LogP contribution in [-0.4, -0.2) is 24.6 Å². The molecule has 0 aromatic heterocycles. The second-order valence-corrected chi connectivity index (χ2v) is 12.1. The average Bonchev–Trinajstić information content (AvgIpc) is 3.24.